The predicted octanol–water partition coefficient (Wildman–Crippen LogP) is 2.48. The average molecular weight is 361 g/mol. The predicted molar refractivity (Wildman–Crippen MR) is 96.4 cm³/mol. The molecular formula is C19H23NO4S. The van der Waals surface area contributed by atoms with Crippen LogP contribution >= 0.6 is 0 Å². The van der Waals surface area contributed by atoms with Crippen LogP contribution in [0.1, 0.15) is 17.5 Å². The lowest BCUT2D eigenvalue weighted by Crippen LogP contribution is -2.50. The van der Waals surface area contributed by atoms with Crippen LogP contribution in [-0.2, 0) is 31.9 Å². The first-order valence-corrected chi connectivity index (χ1v) is 10.0. The standard InChI is InChI=1S/C19H23NO4S/c21-25(22,15-17-9-5-2-6-10-17)20-18-14-23-12-11-19(18)24-13-16-7-3-1-4-8-16/h1-10,18-20H,11-15H2/t18-,19+/m1/s1. The third-order valence-corrected chi connectivity index (χ3v) is 5.51. The maximum absolute atomic E-state index is 12.5. The van der Waals surface area contributed by atoms with Crippen molar-refractivity contribution in [3.05, 3.63) is 71.8 Å². The second-order valence-corrected chi connectivity index (χ2v) is 7.92. The van der Waals surface area contributed by atoms with Gasteiger partial charge in [0.25, 0.3) is 0 Å². The first-order chi connectivity index (χ1) is 12.1. The molecule has 25 heavy (non-hydrogen) atoms. The van der Waals surface area contributed by atoms with Gasteiger partial charge < -0.3 is 9.47 Å². The topological polar surface area (TPSA) is 64.6 Å². The maximum atomic E-state index is 12.5. The Morgan fingerprint density at radius 2 is 1.64 bits per heavy atom. The molecule has 0 radical (unpaired) electrons. The molecule has 1 fully saturated rings. The maximum Gasteiger partial charge on any atom is 0.216 e. The van der Waals surface area contributed by atoms with Gasteiger partial charge in [0.1, 0.15) is 0 Å². The molecule has 2 aromatic carbocycles. The van der Waals surface area contributed by atoms with Gasteiger partial charge >= 0.3 is 0 Å². The molecule has 0 spiro atoms. The molecule has 0 amide bonds. The van der Waals surface area contributed by atoms with Gasteiger partial charge in [0.2, 0.25) is 10.0 Å². The van der Waals surface area contributed by atoms with Crippen molar-refractivity contribution in [1.82, 2.24) is 4.72 Å². The van der Waals surface area contributed by atoms with Gasteiger partial charge in [0, 0.05) is 6.61 Å². The summed E-state index contributed by atoms with van der Waals surface area (Å²) < 4.78 is 39.1. The minimum absolute atomic E-state index is 0.0459. The quantitative estimate of drug-likeness (QED) is 0.823. The fourth-order valence-electron chi connectivity index (χ4n) is 2.87. The summed E-state index contributed by atoms with van der Waals surface area (Å²) in [5, 5.41) is 0. The molecule has 1 N–H and O–H groups in total. The Balaban J connectivity index is 1.60. The van der Waals surface area contributed by atoms with Crippen LogP contribution in [0.15, 0.2) is 60.7 Å². The molecule has 0 unspecified atom stereocenters. The van der Waals surface area contributed by atoms with Crippen LogP contribution in [0, 0.1) is 0 Å². The van der Waals surface area contributed by atoms with Gasteiger partial charge in [-0.25, -0.2) is 13.1 Å². The minimum atomic E-state index is -3.46. The number of sulfonamides is 1. The van der Waals surface area contributed by atoms with Crippen molar-refractivity contribution in [2.75, 3.05) is 13.2 Å². The number of nitrogens with one attached hydrogen (secondary N) is 1. The van der Waals surface area contributed by atoms with Crippen molar-refractivity contribution in [1.29, 1.82) is 0 Å². The highest BCUT2D eigenvalue weighted by Crippen LogP contribution is 2.16. The van der Waals surface area contributed by atoms with Crippen molar-refractivity contribution in [3.63, 3.8) is 0 Å². The summed E-state index contributed by atoms with van der Waals surface area (Å²) >= 11 is 0. The summed E-state index contributed by atoms with van der Waals surface area (Å²) in [5.74, 6) is -0.0459. The average Bonchev–Trinajstić information content (AvgIpc) is 2.62. The molecule has 1 aliphatic heterocycles. The van der Waals surface area contributed by atoms with E-state index < -0.39 is 10.0 Å². The van der Waals surface area contributed by atoms with E-state index in [2.05, 4.69) is 4.72 Å². The van der Waals surface area contributed by atoms with Crippen LogP contribution in [0.4, 0.5) is 0 Å². The summed E-state index contributed by atoms with van der Waals surface area (Å²) in [6.07, 6.45) is 0.477. The van der Waals surface area contributed by atoms with Gasteiger partial charge in [-0.2, -0.15) is 0 Å². The Labute approximate surface area is 149 Å². The molecule has 0 aromatic heterocycles. The number of hydrogen-bond acceptors (Lipinski definition) is 4. The largest absolute Gasteiger partial charge is 0.380 e. The van der Waals surface area contributed by atoms with Gasteiger partial charge in [-0.1, -0.05) is 60.7 Å². The monoisotopic (exact) mass is 361 g/mol. The molecule has 3 rings (SSSR count). The van der Waals surface area contributed by atoms with E-state index in [1.165, 1.54) is 0 Å². The summed E-state index contributed by atoms with van der Waals surface area (Å²) in [4.78, 5) is 0. The third-order valence-electron chi connectivity index (χ3n) is 4.13. The smallest absolute Gasteiger partial charge is 0.216 e. The summed E-state index contributed by atoms with van der Waals surface area (Å²) in [6, 6.07) is 18.6. The van der Waals surface area contributed by atoms with Crippen molar-refractivity contribution >= 4 is 10.0 Å². The SMILES string of the molecule is O=S(=O)(Cc1ccccc1)N[C@@H]1COCC[C@@H]1OCc1ccccc1. The molecule has 134 valence electrons. The number of benzene rings is 2. The zero-order valence-corrected chi connectivity index (χ0v) is 14.8. The molecular weight excluding hydrogens is 338 g/mol. The summed E-state index contributed by atoms with van der Waals surface area (Å²) in [6.45, 7) is 1.37. The van der Waals surface area contributed by atoms with Crippen LogP contribution in [0.3, 0.4) is 0 Å². The van der Waals surface area contributed by atoms with Crippen molar-refractivity contribution in [2.45, 2.75) is 30.9 Å². The van der Waals surface area contributed by atoms with Gasteiger partial charge in [-0.05, 0) is 17.5 Å². The minimum Gasteiger partial charge on any atom is -0.380 e. The molecule has 5 nitrogen and oxygen atoms in total. The molecule has 0 saturated carbocycles. The molecule has 1 saturated heterocycles. The highest BCUT2D eigenvalue weighted by molar-refractivity contribution is 7.88. The Morgan fingerprint density at radius 1 is 1.00 bits per heavy atom. The van der Waals surface area contributed by atoms with Crippen molar-refractivity contribution < 1.29 is 17.9 Å². The lowest BCUT2D eigenvalue weighted by Gasteiger charge is -2.32. The molecule has 2 atom stereocenters. The lowest BCUT2D eigenvalue weighted by molar-refractivity contribution is -0.0572. The van der Waals surface area contributed by atoms with E-state index in [1.807, 2.05) is 48.5 Å². The Kier molecular flexibility index (Phi) is 6.20. The van der Waals surface area contributed by atoms with Crippen LogP contribution in [0.5, 0.6) is 0 Å². The van der Waals surface area contributed by atoms with Gasteiger partial charge in [0.15, 0.2) is 0 Å². The van der Waals surface area contributed by atoms with Gasteiger partial charge in [-0.3, -0.25) is 0 Å². The van der Waals surface area contributed by atoms with E-state index in [0.717, 1.165) is 11.1 Å². The van der Waals surface area contributed by atoms with E-state index in [9.17, 15) is 8.42 Å². The Hall–Kier alpha value is -1.73. The third kappa shape index (κ3) is 5.64. The van der Waals surface area contributed by atoms with E-state index in [-0.39, 0.29) is 17.9 Å². The molecule has 2 aromatic rings. The number of ether oxygens (including phenoxy) is 2. The number of rotatable bonds is 7. The zero-order valence-electron chi connectivity index (χ0n) is 14.0. The van der Waals surface area contributed by atoms with Crippen LogP contribution in [0.25, 0.3) is 0 Å². The van der Waals surface area contributed by atoms with E-state index in [4.69, 9.17) is 9.47 Å². The van der Waals surface area contributed by atoms with Crippen molar-refractivity contribution in [3.8, 4) is 0 Å². The summed E-state index contributed by atoms with van der Waals surface area (Å²) in [7, 11) is -3.46. The van der Waals surface area contributed by atoms with Crippen LogP contribution in [0.2, 0.25) is 0 Å². The highest BCUT2D eigenvalue weighted by Gasteiger charge is 2.30. The molecule has 1 heterocycles. The Bertz CT molecular complexity index is 750. The molecule has 1 aliphatic rings. The first kappa shape index (κ1) is 18.1. The summed E-state index contributed by atoms with van der Waals surface area (Å²) in [5.41, 5.74) is 1.83. The second kappa shape index (κ2) is 8.58. The van der Waals surface area contributed by atoms with Gasteiger partial charge in [-0.15, -0.1) is 0 Å². The molecule has 0 bridgehead atoms. The fraction of sp³-hybridized carbons (Fsp3) is 0.368. The normalized spacial score (nSPS) is 21.1. The van der Waals surface area contributed by atoms with Crippen molar-refractivity contribution in [2.24, 2.45) is 0 Å². The van der Waals surface area contributed by atoms with Gasteiger partial charge in [0.05, 0.1) is 31.1 Å². The lowest BCUT2D eigenvalue weighted by atomic mass is 10.1. The molecule has 0 aliphatic carbocycles. The highest BCUT2D eigenvalue weighted by atomic mass is 32.2. The Morgan fingerprint density at radius 3 is 2.32 bits per heavy atom. The number of hydrogen-bond donors (Lipinski definition) is 1. The second-order valence-electron chi connectivity index (χ2n) is 6.17. The van der Waals surface area contributed by atoms with E-state index >= 15 is 0 Å². The zero-order chi connectivity index (χ0) is 17.5. The van der Waals surface area contributed by atoms with Crippen LogP contribution in [-0.4, -0.2) is 33.8 Å². The van der Waals surface area contributed by atoms with E-state index in [0.29, 0.717) is 26.2 Å². The van der Waals surface area contributed by atoms with E-state index in [1.54, 1.807) is 12.1 Å². The molecule has 6 heteroatoms. The fourth-order valence-corrected chi connectivity index (χ4v) is 4.27. The first-order valence-electron chi connectivity index (χ1n) is 8.39. The van der Waals surface area contributed by atoms with Crippen LogP contribution < -0.4 is 4.72 Å².